The Kier molecular flexibility index (Phi) is 3.14. The maximum Gasteiger partial charge on any atom is 0.423 e. The highest BCUT2D eigenvalue weighted by molar-refractivity contribution is 6.30. The Morgan fingerprint density at radius 2 is 2.11 bits per heavy atom. The van der Waals surface area contributed by atoms with Crippen LogP contribution in [0.5, 0.6) is 0 Å². The lowest BCUT2D eigenvalue weighted by Crippen LogP contribution is -2.50. The van der Waals surface area contributed by atoms with Crippen LogP contribution in [0.2, 0.25) is 5.02 Å². The fraction of sp³-hybridized carbons (Fsp3) is 0.364. The van der Waals surface area contributed by atoms with Gasteiger partial charge in [0.2, 0.25) is 5.60 Å². The van der Waals surface area contributed by atoms with Gasteiger partial charge in [-0.3, -0.25) is 0 Å². The molecule has 0 saturated heterocycles. The van der Waals surface area contributed by atoms with Gasteiger partial charge in [-0.25, -0.2) is 4.79 Å². The summed E-state index contributed by atoms with van der Waals surface area (Å²) in [5.41, 5.74) is -3.75. The molecule has 1 atom stereocenters. The molecule has 0 aromatic heterocycles. The van der Waals surface area contributed by atoms with E-state index in [0.717, 1.165) is 11.0 Å². The van der Waals surface area contributed by atoms with Gasteiger partial charge >= 0.3 is 12.2 Å². The minimum absolute atomic E-state index is 0.0419. The molecule has 1 heterocycles. The number of fused-ring (bicyclic) bond motifs is 1. The van der Waals surface area contributed by atoms with Crippen LogP contribution in [0, 0.1) is 0 Å². The van der Waals surface area contributed by atoms with E-state index in [2.05, 4.69) is 5.32 Å². The number of rotatable bonds is 0. The smallest absolute Gasteiger partial charge is 0.375 e. The van der Waals surface area contributed by atoms with E-state index in [-0.39, 0.29) is 10.7 Å². The summed E-state index contributed by atoms with van der Waals surface area (Å²) in [7, 11) is 1.17. The molecule has 0 aliphatic carbocycles. The molecule has 1 aliphatic heterocycles. The number of anilines is 1. The third-order valence-electron chi connectivity index (χ3n) is 2.95. The number of nitrogens with one attached hydrogen (secondary N) is 1. The van der Waals surface area contributed by atoms with Gasteiger partial charge in [-0.2, -0.15) is 13.2 Å². The Balaban J connectivity index is 2.68. The first-order chi connectivity index (χ1) is 8.65. The third kappa shape index (κ3) is 2.23. The Labute approximate surface area is 111 Å². The Bertz CT molecular complexity index is 535. The summed E-state index contributed by atoms with van der Waals surface area (Å²) in [6.45, 7) is -0.907. The fourth-order valence-electron chi connectivity index (χ4n) is 1.92. The van der Waals surface area contributed by atoms with Crippen LogP contribution in [0.25, 0.3) is 0 Å². The van der Waals surface area contributed by atoms with E-state index in [0.29, 0.717) is 0 Å². The topological polar surface area (TPSA) is 52.6 Å². The van der Waals surface area contributed by atoms with E-state index >= 15 is 0 Å². The first-order valence-electron chi connectivity index (χ1n) is 5.26. The summed E-state index contributed by atoms with van der Waals surface area (Å²) in [6.07, 6.45) is -4.94. The minimum atomic E-state index is -4.94. The standard InChI is InChI=1S/C11H10ClF3N2O2/c1-17-5-10(19,11(13,14)15)7-4-6(12)2-3-8(7)16-9(17)18/h2-4,19H,5H2,1H3,(H,16,18). The van der Waals surface area contributed by atoms with Crippen LogP contribution in [0.4, 0.5) is 23.7 Å². The summed E-state index contributed by atoms with van der Waals surface area (Å²) in [5, 5.41) is 12.4. The van der Waals surface area contributed by atoms with Crippen molar-refractivity contribution in [2.45, 2.75) is 11.8 Å². The van der Waals surface area contributed by atoms with Gasteiger partial charge in [0.25, 0.3) is 0 Å². The van der Waals surface area contributed by atoms with Crippen molar-refractivity contribution < 1.29 is 23.1 Å². The molecule has 104 valence electrons. The Hall–Kier alpha value is -1.47. The number of nitrogens with zero attached hydrogens (tertiary/aromatic N) is 1. The van der Waals surface area contributed by atoms with E-state index in [9.17, 15) is 23.1 Å². The largest absolute Gasteiger partial charge is 0.423 e. The second-order valence-electron chi connectivity index (χ2n) is 4.33. The fourth-order valence-corrected chi connectivity index (χ4v) is 2.09. The van der Waals surface area contributed by atoms with Gasteiger partial charge in [0.1, 0.15) is 0 Å². The lowest BCUT2D eigenvalue weighted by Gasteiger charge is -2.32. The molecule has 19 heavy (non-hydrogen) atoms. The number of aliphatic hydroxyl groups is 1. The molecule has 1 unspecified atom stereocenters. The van der Waals surface area contributed by atoms with E-state index in [4.69, 9.17) is 11.6 Å². The summed E-state index contributed by atoms with van der Waals surface area (Å²) in [5.74, 6) is 0. The summed E-state index contributed by atoms with van der Waals surface area (Å²) in [4.78, 5) is 12.3. The molecule has 1 aliphatic rings. The number of benzene rings is 1. The zero-order chi connectivity index (χ0) is 14.4. The average molecular weight is 295 g/mol. The van der Waals surface area contributed by atoms with Gasteiger partial charge in [0.15, 0.2) is 0 Å². The number of carbonyl (C=O) groups is 1. The third-order valence-corrected chi connectivity index (χ3v) is 3.19. The molecule has 0 saturated carbocycles. The van der Waals surface area contributed by atoms with Gasteiger partial charge < -0.3 is 15.3 Å². The van der Waals surface area contributed by atoms with Crippen molar-refractivity contribution in [2.75, 3.05) is 18.9 Å². The highest BCUT2D eigenvalue weighted by Gasteiger charge is 2.58. The lowest BCUT2D eigenvalue weighted by molar-refractivity contribution is -0.268. The van der Waals surface area contributed by atoms with Crippen LogP contribution >= 0.6 is 11.6 Å². The van der Waals surface area contributed by atoms with Gasteiger partial charge in [-0.15, -0.1) is 0 Å². The maximum atomic E-state index is 13.2. The zero-order valence-corrected chi connectivity index (χ0v) is 10.5. The summed E-state index contributed by atoms with van der Waals surface area (Å²) >= 11 is 5.68. The maximum absolute atomic E-state index is 13.2. The molecule has 0 bridgehead atoms. The summed E-state index contributed by atoms with van der Waals surface area (Å²) < 4.78 is 39.5. The molecule has 4 nitrogen and oxygen atoms in total. The van der Waals surface area contributed by atoms with E-state index < -0.39 is 29.9 Å². The molecule has 2 amide bonds. The number of likely N-dealkylation sites (N-methyl/N-ethyl adjacent to an activating group) is 1. The van der Waals surface area contributed by atoms with Crippen molar-refractivity contribution in [1.29, 1.82) is 0 Å². The van der Waals surface area contributed by atoms with Gasteiger partial charge in [-0.1, -0.05) is 11.6 Å². The molecule has 0 spiro atoms. The number of urea groups is 1. The molecule has 2 rings (SSSR count). The normalized spacial score (nSPS) is 23.7. The van der Waals surface area contributed by atoms with Crippen molar-refractivity contribution in [3.8, 4) is 0 Å². The number of carbonyl (C=O) groups excluding carboxylic acids is 1. The monoisotopic (exact) mass is 294 g/mol. The van der Waals surface area contributed by atoms with Crippen LogP contribution in [0.3, 0.4) is 0 Å². The second-order valence-corrected chi connectivity index (χ2v) is 4.77. The molecule has 1 aromatic rings. The number of amides is 2. The van der Waals surface area contributed by atoms with Crippen LogP contribution in [0.1, 0.15) is 5.56 Å². The number of hydrogen-bond donors (Lipinski definition) is 2. The number of alkyl halides is 3. The Morgan fingerprint density at radius 1 is 1.47 bits per heavy atom. The second kappa shape index (κ2) is 4.28. The van der Waals surface area contributed by atoms with Crippen LogP contribution in [-0.2, 0) is 5.60 Å². The SMILES string of the molecule is CN1CC(O)(C(F)(F)F)c2cc(Cl)ccc2NC1=O. The molecule has 2 N–H and O–H groups in total. The predicted molar refractivity (Wildman–Crippen MR) is 63.1 cm³/mol. The van der Waals surface area contributed by atoms with Crippen molar-refractivity contribution >= 4 is 23.3 Å². The summed E-state index contributed by atoms with van der Waals surface area (Å²) in [6, 6.07) is 2.83. The van der Waals surface area contributed by atoms with Crippen molar-refractivity contribution in [1.82, 2.24) is 4.90 Å². The van der Waals surface area contributed by atoms with Gasteiger partial charge in [-0.05, 0) is 18.2 Å². The van der Waals surface area contributed by atoms with Crippen molar-refractivity contribution in [3.05, 3.63) is 28.8 Å². The minimum Gasteiger partial charge on any atom is -0.375 e. The first-order valence-corrected chi connectivity index (χ1v) is 5.64. The first kappa shape index (κ1) is 14.0. The lowest BCUT2D eigenvalue weighted by atomic mass is 9.91. The molecule has 0 fully saturated rings. The highest BCUT2D eigenvalue weighted by Crippen LogP contribution is 2.44. The van der Waals surface area contributed by atoms with Gasteiger partial charge in [0, 0.05) is 23.3 Å². The molecular weight excluding hydrogens is 285 g/mol. The van der Waals surface area contributed by atoms with Crippen molar-refractivity contribution in [2.24, 2.45) is 0 Å². The van der Waals surface area contributed by atoms with Crippen molar-refractivity contribution in [3.63, 3.8) is 0 Å². The van der Waals surface area contributed by atoms with Crippen LogP contribution in [-0.4, -0.2) is 35.8 Å². The molecule has 1 aromatic carbocycles. The predicted octanol–water partition coefficient (Wildman–Crippen LogP) is 2.57. The van der Waals surface area contributed by atoms with E-state index in [1.807, 2.05) is 0 Å². The molecule has 0 radical (unpaired) electrons. The average Bonchev–Trinajstić information content (AvgIpc) is 2.37. The zero-order valence-electron chi connectivity index (χ0n) is 9.75. The number of halogens is 4. The quantitative estimate of drug-likeness (QED) is 0.773. The van der Waals surface area contributed by atoms with E-state index in [1.165, 1.54) is 19.2 Å². The number of hydrogen-bond acceptors (Lipinski definition) is 2. The van der Waals surface area contributed by atoms with E-state index in [1.54, 1.807) is 0 Å². The number of β-amino-alcohol motifs (C(OH)–C–C–N with tert-alkyl or cyclic N) is 1. The Morgan fingerprint density at radius 3 is 2.68 bits per heavy atom. The van der Waals surface area contributed by atoms with Crippen LogP contribution < -0.4 is 5.32 Å². The highest BCUT2D eigenvalue weighted by atomic mass is 35.5. The van der Waals surface area contributed by atoms with Crippen LogP contribution in [0.15, 0.2) is 18.2 Å². The van der Waals surface area contributed by atoms with Gasteiger partial charge in [0.05, 0.1) is 6.54 Å². The molecule has 8 heteroatoms. The molecular formula is C11H10ClF3N2O2.